The number of amides is 2. The van der Waals surface area contributed by atoms with E-state index in [1.807, 2.05) is 48.4 Å². The Morgan fingerprint density at radius 2 is 1.81 bits per heavy atom. The molecule has 1 aromatic carbocycles. The van der Waals surface area contributed by atoms with Gasteiger partial charge in [0.05, 0.1) is 11.7 Å². The van der Waals surface area contributed by atoms with Crippen molar-refractivity contribution in [2.24, 2.45) is 0 Å². The summed E-state index contributed by atoms with van der Waals surface area (Å²) in [6, 6.07) is 9.60. The fourth-order valence-electron chi connectivity index (χ4n) is 3.39. The van der Waals surface area contributed by atoms with E-state index in [9.17, 15) is 9.59 Å². The first-order valence-corrected chi connectivity index (χ1v) is 9.55. The average molecular weight is 367 g/mol. The molecule has 142 valence electrons. The van der Waals surface area contributed by atoms with Gasteiger partial charge in [-0.1, -0.05) is 0 Å². The Hall–Kier alpha value is -2.67. The number of hydrogen-bond acceptors (Lipinski definition) is 4. The molecule has 27 heavy (non-hydrogen) atoms. The number of nitrogens with one attached hydrogen (secondary N) is 1. The molecular weight excluding hydrogens is 342 g/mol. The predicted molar refractivity (Wildman–Crippen MR) is 102 cm³/mol. The van der Waals surface area contributed by atoms with Crippen LogP contribution in [0, 0.1) is 0 Å². The molecule has 1 aliphatic heterocycles. The molecule has 2 aliphatic rings. The van der Waals surface area contributed by atoms with Gasteiger partial charge in [0.25, 0.3) is 5.91 Å². The van der Waals surface area contributed by atoms with E-state index >= 15 is 0 Å². The number of benzene rings is 1. The molecule has 4 rings (SSSR count). The first kappa shape index (κ1) is 17.7. The lowest BCUT2D eigenvalue weighted by Crippen LogP contribution is -2.55. The van der Waals surface area contributed by atoms with Crippen LogP contribution in [0.1, 0.15) is 30.1 Å². The Balaban J connectivity index is 1.32. The first-order chi connectivity index (χ1) is 13.1. The van der Waals surface area contributed by atoms with E-state index in [0.29, 0.717) is 24.7 Å². The highest BCUT2D eigenvalue weighted by Crippen LogP contribution is 2.19. The van der Waals surface area contributed by atoms with Crippen molar-refractivity contribution in [3.8, 4) is 5.69 Å². The van der Waals surface area contributed by atoms with Crippen LogP contribution in [0.4, 0.5) is 0 Å². The normalized spacial score (nSPS) is 18.9. The summed E-state index contributed by atoms with van der Waals surface area (Å²) in [5, 5.41) is 7.25. The minimum atomic E-state index is -0.142. The molecule has 2 amide bonds. The zero-order chi connectivity index (χ0) is 18.8. The third-order valence-corrected chi connectivity index (χ3v) is 5.34. The van der Waals surface area contributed by atoms with E-state index in [4.69, 9.17) is 0 Å². The first-order valence-electron chi connectivity index (χ1n) is 9.55. The second-order valence-corrected chi connectivity index (χ2v) is 7.28. The van der Waals surface area contributed by atoms with Gasteiger partial charge in [-0.15, -0.1) is 0 Å². The highest BCUT2D eigenvalue weighted by atomic mass is 16.2. The lowest BCUT2D eigenvalue weighted by Gasteiger charge is -2.37. The summed E-state index contributed by atoms with van der Waals surface area (Å²) in [4.78, 5) is 29.0. The second-order valence-electron chi connectivity index (χ2n) is 7.28. The summed E-state index contributed by atoms with van der Waals surface area (Å²) >= 11 is 0. The van der Waals surface area contributed by atoms with Gasteiger partial charge in [-0.3, -0.25) is 14.5 Å². The van der Waals surface area contributed by atoms with Gasteiger partial charge in [-0.25, -0.2) is 4.68 Å². The van der Waals surface area contributed by atoms with Crippen molar-refractivity contribution in [2.45, 2.75) is 31.8 Å². The van der Waals surface area contributed by atoms with E-state index in [2.05, 4.69) is 15.3 Å². The van der Waals surface area contributed by atoms with E-state index < -0.39 is 0 Å². The van der Waals surface area contributed by atoms with Crippen molar-refractivity contribution in [2.75, 3.05) is 26.2 Å². The molecule has 2 aromatic rings. The summed E-state index contributed by atoms with van der Waals surface area (Å²) < 4.78 is 1.76. The van der Waals surface area contributed by atoms with E-state index in [-0.39, 0.29) is 17.9 Å². The SMILES string of the molecule is CC(C(=O)NC1CC1)N1CCN(C(=O)c2ccc(-n3cccn3)cc2)CC1. The van der Waals surface area contributed by atoms with Crippen LogP contribution >= 0.6 is 0 Å². The summed E-state index contributed by atoms with van der Waals surface area (Å²) in [5.74, 6) is 0.142. The minimum Gasteiger partial charge on any atom is -0.352 e. The summed E-state index contributed by atoms with van der Waals surface area (Å²) in [7, 11) is 0. The van der Waals surface area contributed by atoms with Gasteiger partial charge in [0.2, 0.25) is 5.91 Å². The molecule has 1 saturated carbocycles. The van der Waals surface area contributed by atoms with Crippen LogP contribution in [-0.4, -0.2) is 69.7 Å². The van der Waals surface area contributed by atoms with Crippen molar-refractivity contribution >= 4 is 11.8 Å². The smallest absolute Gasteiger partial charge is 0.253 e. The van der Waals surface area contributed by atoms with Crippen molar-refractivity contribution in [3.63, 3.8) is 0 Å². The summed E-state index contributed by atoms with van der Waals surface area (Å²) in [5.41, 5.74) is 1.61. The third-order valence-electron chi connectivity index (χ3n) is 5.34. The molecule has 1 unspecified atom stereocenters. The lowest BCUT2D eigenvalue weighted by atomic mass is 10.1. The molecule has 2 heterocycles. The number of carbonyl (C=O) groups excluding carboxylic acids is 2. The van der Waals surface area contributed by atoms with Crippen LogP contribution in [0.25, 0.3) is 5.69 Å². The molecule has 1 N–H and O–H groups in total. The van der Waals surface area contributed by atoms with Crippen molar-refractivity contribution in [1.29, 1.82) is 0 Å². The largest absolute Gasteiger partial charge is 0.352 e. The van der Waals surface area contributed by atoms with Gasteiger partial charge >= 0.3 is 0 Å². The molecule has 1 aromatic heterocycles. The number of nitrogens with zero attached hydrogens (tertiary/aromatic N) is 4. The van der Waals surface area contributed by atoms with E-state index in [1.165, 1.54) is 0 Å². The molecule has 1 saturated heterocycles. The zero-order valence-corrected chi connectivity index (χ0v) is 15.5. The highest BCUT2D eigenvalue weighted by Gasteiger charge is 2.31. The molecule has 0 radical (unpaired) electrons. The minimum absolute atomic E-state index is 0.0387. The van der Waals surface area contributed by atoms with Gasteiger partial charge in [0.1, 0.15) is 0 Å². The fraction of sp³-hybridized carbons (Fsp3) is 0.450. The van der Waals surface area contributed by atoms with Crippen LogP contribution < -0.4 is 5.32 Å². The van der Waals surface area contributed by atoms with Gasteiger partial charge in [-0.05, 0) is 50.1 Å². The maximum absolute atomic E-state index is 12.8. The van der Waals surface area contributed by atoms with Crippen LogP contribution in [-0.2, 0) is 4.79 Å². The van der Waals surface area contributed by atoms with Gasteiger partial charge in [-0.2, -0.15) is 5.10 Å². The summed E-state index contributed by atoms with van der Waals surface area (Å²) in [6.45, 7) is 4.66. The highest BCUT2D eigenvalue weighted by molar-refractivity contribution is 5.94. The van der Waals surface area contributed by atoms with E-state index in [1.54, 1.807) is 10.9 Å². The van der Waals surface area contributed by atoms with Crippen molar-refractivity contribution in [3.05, 3.63) is 48.3 Å². The van der Waals surface area contributed by atoms with E-state index in [0.717, 1.165) is 31.6 Å². The quantitative estimate of drug-likeness (QED) is 0.865. The Labute approximate surface area is 158 Å². The van der Waals surface area contributed by atoms with Crippen LogP contribution in [0.3, 0.4) is 0 Å². The van der Waals surface area contributed by atoms with Crippen LogP contribution in [0.5, 0.6) is 0 Å². The third kappa shape index (κ3) is 4.03. The topological polar surface area (TPSA) is 70.5 Å². The molecule has 0 spiro atoms. The number of carbonyl (C=O) groups is 2. The molecule has 0 bridgehead atoms. The number of rotatable bonds is 5. The standard InChI is InChI=1S/C20H25N5O2/c1-15(19(26)22-17-5-6-17)23-11-13-24(14-12-23)20(27)16-3-7-18(8-4-16)25-10-2-9-21-25/h2-4,7-10,15,17H,5-6,11-14H2,1H3,(H,22,26). The number of piperazine rings is 1. The Kier molecular flexibility index (Phi) is 4.94. The maximum atomic E-state index is 12.8. The molecule has 7 heteroatoms. The molecular formula is C20H25N5O2. The fourth-order valence-corrected chi connectivity index (χ4v) is 3.39. The van der Waals surface area contributed by atoms with Gasteiger partial charge < -0.3 is 10.2 Å². The monoisotopic (exact) mass is 367 g/mol. The number of hydrogen-bond donors (Lipinski definition) is 1. The van der Waals surface area contributed by atoms with Gasteiger partial charge in [0.15, 0.2) is 0 Å². The number of aromatic nitrogens is 2. The molecule has 2 fully saturated rings. The van der Waals surface area contributed by atoms with Crippen LogP contribution in [0.2, 0.25) is 0 Å². The molecule has 7 nitrogen and oxygen atoms in total. The van der Waals surface area contributed by atoms with Gasteiger partial charge in [0, 0.05) is 50.2 Å². The second kappa shape index (κ2) is 7.52. The predicted octanol–water partition coefficient (Wildman–Crippen LogP) is 1.30. The van der Waals surface area contributed by atoms with Crippen molar-refractivity contribution < 1.29 is 9.59 Å². The lowest BCUT2D eigenvalue weighted by molar-refractivity contribution is -0.126. The Bertz CT molecular complexity index is 790. The molecule has 1 aliphatic carbocycles. The Morgan fingerprint density at radius 1 is 1.11 bits per heavy atom. The average Bonchev–Trinajstić information content (AvgIpc) is 3.35. The van der Waals surface area contributed by atoms with Crippen molar-refractivity contribution in [1.82, 2.24) is 24.9 Å². The van der Waals surface area contributed by atoms with Crippen LogP contribution in [0.15, 0.2) is 42.7 Å². The Morgan fingerprint density at radius 3 is 2.41 bits per heavy atom. The zero-order valence-electron chi connectivity index (χ0n) is 15.5. The summed E-state index contributed by atoms with van der Waals surface area (Å²) in [6.07, 6.45) is 5.79. The maximum Gasteiger partial charge on any atom is 0.253 e. The molecule has 1 atom stereocenters.